The number of hydrogen-bond acceptors (Lipinski definition) is 7. The van der Waals surface area contributed by atoms with Crippen molar-refractivity contribution < 1.29 is 24.5 Å². The average Bonchev–Trinajstić information content (AvgIpc) is 3.66. The Balaban J connectivity index is 1.36. The smallest absolute Gasteiger partial charge is 0.264 e. The summed E-state index contributed by atoms with van der Waals surface area (Å²) in [4.78, 5) is 29.6. The molecule has 0 spiro atoms. The fraction of sp³-hybridized carbons (Fsp3) is 0.400. The number of hydrogen-bond donors (Lipinski definition) is 2. The van der Waals surface area contributed by atoms with Crippen molar-refractivity contribution >= 4 is 23.2 Å². The quantitative estimate of drug-likeness (QED) is 0.356. The van der Waals surface area contributed by atoms with E-state index in [1.165, 1.54) is 0 Å². The zero-order valence-corrected chi connectivity index (χ0v) is 22.9. The molecule has 2 aliphatic rings. The van der Waals surface area contributed by atoms with Crippen molar-refractivity contribution in [1.82, 2.24) is 15.0 Å². The first-order chi connectivity index (χ1) is 19.3. The number of carbonyl (C=O) groups is 2. The molecule has 2 N–H and O–H groups in total. The molecular formula is C30H35N5O5. The van der Waals surface area contributed by atoms with E-state index in [4.69, 9.17) is 9.84 Å². The maximum atomic E-state index is 13.9. The molecule has 0 saturated carbocycles. The molecule has 0 radical (unpaired) electrons. The number of fused-ring (bicyclic) bond motifs is 1. The minimum Gasteiger partial charge on any atom is -0.497 e. The highest BCUT2D eigenvalue weighted by Crippen LogP contribution is 2.47. The van der Waals surface area contributed by atoms with Gasteiger partial charge in [-0.05, 0) is 48.7 Å². The number of methoxy groups -OCH3 is 1. The third-order valence-corrected chi connectivity index (χ3v) is 7.68. The van der Waals surface area contributed by atoms with E-state index in [9.17, 15) is 14.7 Å². The Morgan fingerprint density at radius 1 is 1.20 bits per heavy atom. The number of benzene rings is 2. The molecule has 10 nitrogen and oxygen atoms in total. The third kappa shape index (κ3) is 5.24. The van der Waals surface area contributed by atoms with E-state index in [1.54, 1.807) is 39.9 Å². The molecule has 0 bridgehead atoms. The van der Waals surface area contributed by atoms with Crippen molar-refractivity contribution in [2.24, 2.45) is 5.92 Å². The van der Waals surface area contributed by atoms with Crippen LogP contribution in [0.25, 0.3) is 0 Å². The van der Waals surface area contributed by atoms with Crippen LogP contribution in [-0.2, 0) is 34.7 Å². The zero-order valence-electron chi connectivity index (χ0n) is 22.9. The van der Waals surface area contributed by atoms with Gasteiger partial charge < -0.3 is 24.7 Å². The average molecular weight is 546 g/mol. The van der Waals surface area contributed by atoms with E-state index in [-0.39, 0.29) is 19.1 Å². The molecule has 3 aromatic rings. The van der Waals surface area contributed by atoms with Crippen LogP contribution in [0.1, 0.15) is 43.0 Å². The van der Waals surface area contributed by atoms with Crippen molar-refractivity contribution in [3.8, 4) is 5.75 Å². The van der Waals surface area contributed by atoms with E-state index in [0.29, 0.717) is 49.4 Å². The maximum absolute atomic E-state index is 13.9. The highest BCUT2D eigenvalue weighted by atomic mass is 16.5. The number of rotatable bonds is 11. The van der Waals surface area contributed by atoms with Crippen molar-refractivity contribution in [2.75, 3.05) is 30.1 Å². The predicted molar refractivity (Wildman–Crippen MR) is 150 cm³/mol. The molecule has 2 amide bonds. The summed E-state index contributed by atoms with van der Waals surface area (Å²) < 4.78 is 7.13. The van der Waals surface area contributed by atoms with Gasteiger partial charge in [0.25, 0.3) is 5.91 Å². The SMILES string of the molecule is COc1ccc2c(c1)[C@](O)([C@@H](C)/C=C/CCn1cc(CCO)nn1)C(=O)N2Cc1cccc(N2CCCC2=O)c1. The van der Waals surface area contributed by atoms with Gasteiger partial charge in [-0.25, -0.2) is 0 Å². The van der Waals surface area contributed by atoms with Gasteiger partial charge in [-0.3, -0.25) is 14.3 Å². The molecule has 10 heteroatoms. The molecule has 40 heavy (non-hydrogen) atoms. The first-order valence-corrected chi connectivity index (χ1v) is 13.6. The molecule has 210 valence electrons. The van der Waals surface area contributed by atoms with Crippen LogP contribution in [-0.4, -0.2) is 57.3 Å². The Morgan fingerprint density at radius 3 is 2.80 bits per heavy atom. The Hall–Kier alpha value is -4.02. The van der Waals surface area contributed by atoms with Gasteiger partial charge >= 0.3 is 0 Å². The van der Waals surface area contributed by atoms with Gasteiger partial charge in [-0.1, -0.05) is 36.4 Å². The van der Waals surface area contributed by atoms with Crippen LogP contribution in [0.15, 0.2) is 60.8 Å². The van der Waals surface area contributed by atoms with Crippen LogP contribution in [0.3, 0.4) is 0 Å². The fourth-order valence-electron chi connectivity index (χ4n) is 5.46. The second-order valence-corrected chi connectivity index (χ2v) is 10.3. The van der Waals surface area contributed by atoms with E-state index < -0.39 is 17.4 Å². The highest BCUT2D eigenvalue weighted by molar-refractivity contribution is 6.07. The molecule has 0 aliphatic carbocycles. The molecular weight excluding hydrogens is 510 g/mol. The van der Waals surface area contributed by atoms with Gasteiger partial charge in [-0.2, -0.15) is 0 Å². The molecule has 2 atom stereocenters. The van der Waals surface area contributed by atoms with Gasteiger partial charge in [-0.15, -0.1) is 5.10 Å². The van der Waals surface area contributed by atoms with Crippen LogP contribution in [0, 0.1) is 5.92 Å². The molecule has 1 aromatic heterocycles. The zero-order chi connectivity index (χ0) is 28.3. The van der Waals surface area contributed by atoms with Crippen LogP contribution in [0.2, 0.25) is 0 Å². The topological polar surface area (TPSA) is 121 Å². The summed E-state index contributed by atoms with van der Waals surface area (Å²) in [5.41, 5.74) is 1.79. The van der Waals surface area contributed by atoms with Crippen molar-refractivity contribution in [3.63, 3.8) is 0 Å². The molecule has 5 rings (SSSR count). The number of aromatic nitrogens is 3. The van der Waals surface area contributed by atoms with Gasteiger partial charge in [0, 0.05) is 55.9 Å². The molecule has 1 fully saturated rings. The monoisotopic (exact) mass is 545 g/mol. The first kappa shape index (κ1) is 27.5. The second kappa shape index (κ2) is 11.6. The molecule has 2 aromatic carbocycles. The number of aliphatic hydroxyl groups excluding tert-OH is 1. The maximum Gasteiger partial charge on any atom is 0.264 e. The molecule has 0 unspecified atom stereocenters. The van der Waals surface area contributed by atoms with Crippen LogP contribution >= 0.6 is 0 Å². The van der Waals surface area contributed by atoms with E-state index in [1.807, 2.05) is 49.4 Å². The summed E-state index contributed by atoms with van der Waals surface area (Å²) in [6, 6.07) is 13.0. The summed E-state index contributed by atoms with van der Waals surface area (Å²) in [6.45, 7) is 3.39. The number of aryl methyl sites for hydroxylation is 1. The lowest BCUT2D eigenvalue weighted by atomic mass is 9.83. The number of aliphatic hydroxyl groups is 2. The molecule has 3 heterocycles. The summed E-state index contributed by atoms with van der Waals surface area (Å²) in [5, 5.41) is 29.1. The number of carbonyl (C=O) groups excluding carboxylic acids is 2. The lowest BCUT2D eigenvalue weighted by molar-refractivity contribution is -0.139. The largest absolute Gasteiger partial charge is 0.497 e. The molecule has 1 saturated heterocycles. The van der Waals surface area contributed by atoms with Crippen molar-refractivity contribution in [3.05, 3.63) is 77.6 Å². The number of allylic oxidation sites excluding steroid dienone is 1. The van der Waals surface area contributed by atoms with Gasteiger partial charge in [0.15, 0.2) is 5.60 Å². The Labute approximate surface area is 233 Å². The third-order valence-electron chi connectivity index (χ3n) is 7.68. The lowest BCUT2D eigenvalue weighted by Crippen LogP contribution is -2.44. The minimum atomic E-state index is -1.77. The van der Waals surface area contributed by atoms with Gasteiger partial charge in [0.05, 0.1) is 25.0 Å². The number of amides is 2. The number of ether oxygens (including phenoxy) is 1. The van der Waals surface area contributed by atoms with Gasteiger partial charge in [0.2, 0.25) is 5.91 Å². The summed E-state index contributed by atoms with van der Waals surface area (Å²) in [6.07, 6.45) is 8.07. The molecule has 2 aliphatic heterocycles. The van der Waals surface area contributed by atoms with E-state index in [0.717, 1.165) is 23.4 Å². The van der Waals surface area contributed by atoms with Crippen LogP contribution in [0.4, 0.5) is 11.4 Å². The summed E-state index contributed by atoms with van der Waals surface area (Å²) >= 11 is 0. The lowest BCUT2D eigenvalue weighted by Gasteiger charge is -2.28. The Bertz CT molecular complexity index is 1420. The Morgan fingerprint density at radius 2 is 2.05 bits per heavy atom. The fourth-order valence-corrected chi connectivity index (χ4v) is 5.46. The number of nitrogens with zero attached hydrogens (tertiary/aromatic N) is 5. The standard InChI is InChI=1S/C30H35N5O5/c1-21(7-3-4-14-33-20-23(13-16-36)31-32-33)30(39)26-18-25(40-2)11-12-27(26)35(29(30)38)19-22-8-5-9-24(17-22)34-15-6-10-28(34)37/h3,5,7-9,11-12,17-18,20-21,36,39H,4,6,10,13-16,19H2,1-2H3/b7-3+/t21-,30+/m0/s1. The van der Waals surface area contributed by atoms with Crippen molar-refractivity contribution in [2.45, 2.75) is 51.3 Å². The van der Waals surface area contributed by atoms with Crippen LogP contribution < -0.4 is 14.5 Å². The van der Waals surface area contributed by atoms with E-state index in [2.05, 4.69) is 10.3 Å². The van der Waals surface area contributed by atoms with Gasteiger partial charge in [0.1, 0.15) is 5.75 Å². The minimum absolute atomic E-state index is 0.0234. The van der Waals surface area contributed by atoms with Crippen molar-refractivity contribution in [1.29, 1.82) is 0 Å². The highest BCUT2D eigenvalue weighted by Gasteiger charge is 2.52. The summed E-state index contributed by atoms with van der Waals surface area (Å²) in [5.74, 6) is -0.260. The second-order valence-electron chi connectivity index (χ2n) is 10.3. The van der Waals surface area contributed by atoms with E-state index >= 15 is 0 Å². The normalized spacial score (nSPS) is 19.6. The Kier molecular flexibility index (Phi) is 7.99. The summed E-state index contributed by atoms with van der Waals surface area (Å²) in [7, 11) is 1.56. The predicted octanol–water partition coefficient (Wildman–Crippen LogP) is 2.97. The van der Waals surface area contributed by atoms with Crippen LogP contribution in [0.5, 0.6) is 5.75 Å². The number of anilines is 2. The first-order valence-electron chi connectivity index (χ1n) is 13.6.